The average Bonchev–Trinajstić information content (AvgIpc) is 2.36. The fourth-order valence-electron chi connectivity index (χ4n) is 1.49. The second-order valence-corrected chi connectivity index (χ2v) is 6.45. The van der Waals surface area contributed by atoms with E-state index < -0.39 is 37.8 Å². The number of sulfonamides is 1. The van der Waals surface area contributed by atoms with Gasteiger partial charge in [0.15, 0.2) is 0 Å². The van der Waals surface area contributed by atoms with Crippen LogP contribution in [-0.2, 0) is 14.8 Å². The molecular formula is C12H17FN2O4S. The minimum atomic E-state index is -4.11. The summed E-state index contributed by atoms with van der Waals surface area (Å²) in [5, 5.41) is 0. The van der Waals surface area contributed by atoms with Crippen molar-refractivity contribution in [2.24, 2.45) is 5.73 Å². The predicted octanol–water partition coefficient (Wildman–Crippen LogP) is 0.628. The number of nitrogens with one attached hydrogen (secondary N) is 1. The van der Waals surface area contributed by atoms with E-state index in [4.69, 9.17) is 5.73 Å². The van der Waals surface area contributed by atoms with Gasteiger partial charge in [0.25, 0.3) is 0 Å². The van der Waals surface area contributed by atoms with E-state index in [1.54, 1.807) is 13.8 Å². The van der Waals surface area contributed by atoms with Gasteiger partial charge in [0.05, 0.1) is 12.0 Å². The van der Waals surface area contributed by atoms with Crippen LogP contribution in [0.2, 0.25) is 0 Å². The topological polar surface area (TPSA) is 98.5 Å². The largest absolute Gasteiger partial charge is 0.465 e. The first kappa shape index (κ1) is 16.5. The lowest BCUT2D eigenvalue weighted by Gasteiger charge is -2.24. The van der Waals surface area contributed by atoms with E-state index in [1.807, 2.05) is 0 Å². The standard InChI is InChI=1S/C12H17FN2O4S/c1-12(2,7-14)15-20(17,18)9-6-4-5-8(13)10(9)11(16)19-3/h4-6,15H,7,14H2,1-3H3. The fraction of sp³-hybridized carbons (Fsp3) is 0.417. The lowest BCUT2D eigenvalue weighted by molar-refractivity contribution is 0.0590. The quantitative estimate of drug-likeness (QED) is 0.777. The molecule has 0 heterocycles. The zero-order chi connectivity index (χ0) is 15.6. The van der Waals surface area contributed by atoms with Crippen LogP contribution in [0, 0.1) is 5.82 Å². The van der Waals surface area contributed by atoms with Crippen molar-refractivity contribution in [1.82, 2.24) is 4.72 Å². The Morgan fingerprint density at radius 1 is 1.45 bits per heavy atom. The number of hydrogen-bond acceptors (Lipinski definition) is 5. The number of hydrogen-bond donors (Lipinski definition) is 2. The highest BCUT2D eigenvalue weighted by molar-refractivity contribution is 7.89. The van der Waals surface area contributed by atoms with Gasteiger partial charge in [0.1, 0.15) is 11.4 Å². The van der Waals surface area contributed by atoms with Crippen LogP contribution in [0.3, 0.4) is 0 Å². The number of carbonyl (C=O) groups is 1. The number of rotatable bonds is 5. The van der Waals surface area contributed by atoms with Crippen molar-refractivity contribution in [1.29, 1.82) is 0 Å². The summed E-state index contributed by atoms with van der Waals surface area (Å²) < 4.78 is 45.0. The lowest BCUT2D eigenvalue weighted by atomic mass is 10.1. The van der Waals surface area contributed by atoms with Gasteiger partial charge >= 0.3 is 5.97 Å². The van der Waals surface area contributed by atoms with Crippen LogP contribution in [0.25, 0.3) is 0 Å². The highest BCUT2D eigenvalue weighted by Crippen LogP contribution is 2.21. The highest BCUT2D eigenvalue weighted by Gasteiger charge is 2.30. The SMILES string of the molecule is COC(=O)c1c(F)cccc1S(=O)(=O)NC(C)(C)CN. The molecule has 1 aromatic rings. The third kappa shape index (κ3) is 3.53. The second-order valence-electron chi connectivity index (χ2n) is 4.80. The van der Waals surface area contributed by atoms with Crippen molar-refractivity contribution in [3.8, 4) is 0 Å². The predicted molar refractivity (Wildman–Crippen MR) is 71.2 cm³/mol. The van der Waals surface area contributed by atoms with Crippen LogP contribution in [0.4, 0.5) is 4.39 Å². The molecule has 0 atom stereocenters. The first-order valence-corrected chi connectivity index (χ1v) is 7.24. The second kappa shape index (κ2) is 5.86. The molecule has 1 aromatic carbocycles. The Morgan fingerprint density at radius 3 is 2.55 bits per heavy atom. The molecule has 0 aromatic heterocycles. The molecule has 20 heavy (non-hydrogen) atoms. The molecule has 0 saturated carbocycles. The first-order valence-electron chi connectivity index (χ1n) is 5.75. The van der Waals surface area contributed by atoms with Crippen molar-refractivity contribution < 1.29 is 22.3 Å². The van der Waals surface area contributed by atoms with Gasteiger partial charge < -0.3 is 10.5 Å². The minimum Gasteiger partial charge on any atom is -0.465 e. The molecule has 0 saturated heterocycles. The summed E-state index contributed by atoms with van der Waals surface area (Å²) in [6, 6.07) is 3.31. The van der Waals surface area contributed by atoms with Gasteiger partial charge in [-0.15, -0.1) is 0 Å². The number of carbonyl (C=O) groups excluding carboxylic acids is 1. The van der Waals surface area contributed by atoms with E-state index in [-0.39, 0.29) is 6.54 Å². The molecule has 112 valence electrons. The Kier molecular flexibility index (Phi) is 4.85. The lowest BCUT2D eigenvalue weighted by Crippen LogP contribution is -2.49. The summed E-state index contributed by atoms with van der Waals surface area (Å²) in [5.41, 5.74) is 3.89. The summed E-state index contributed by atoms with van der Waals surface area (Å²) >= 11 is 0. The normalized spacial score (nSPS) is 12.2. The summed E-state index contributed by atoms with van der Waals surface area (Å²) in [6.07, 6.45) is 0. The summed E-state index contributed by atoms with van der Waals surface area (Å²) in [4.78, 5) is 11.1. The fourth-order valence-corrected chi connectivity index (χ4v) is 3.12. The number of nitrogens with two attached hydrogens (primary N) is 1. The van der Waals surface area contributed by atoms with Crippen molar-refractivity contribution >= 4 is 16.0 Å². The van der Waals surface area contributed by atoms with Gasteiger partial charge in [-0.05, 0) is 26.0 Å². The summed E-state index contributed by atoms with van der Waals surface area (Å²) in [5.74, 6) is -2.03. The van der Waals surface area contributed by atoms with E-state index in [1.165, 1.54) is 6.07 Å². The van der Waals surface area contributed by atoms with Crippen LogP contribution in [-0.4, -0.2) is 33.6 Å². The summed E-state index contributed by atoms with van der Waals surface area (Å²) in [6.45, 7) is 3.18. The van der Waals surface area contributed by atoms with E-state index in [9.17, 15) is 17.6 Å². The van der Waals surface area contributed by atoms with Crippen molar-refractivity contribution in [3.63, 3.8) is 0 Å². The number of esters is 1. The third-order valence-electron chi connectivity index (χ3n) is 2.58. The molecule has 0 aliphatic heterocycles. The van der Waals surface area contributed by atoms with Crippen LogP contribution in [0.5, 0.6) is 0 Å². The molecule has 0 amide bonds. The number of ether oxygens (including phenoxy) is 1. The van der Waals surface area contributed by atoms with E-state index in [0.717, 1.165) is 19.2 Å². The maximum absolute atomic E-state index is 13.7. The van der Waals surface area contributed by atoms with Gasteiger partial charge in [-0.1, -0.05) is 6.07 Å². The molecule has 0 aliphatic carbocycles. The van der Waals surface area contributed by atoms with E-state index >= 15 is 0 Å². The van der Waals surface area contributed by atoms with Crippen molar-refractivity contribution in [2.75, 3.05) is 13.7 Å². The first-order chi connectivity index (χ1) is 9.14. The molecule has 0 aliphatic rings. The number of halogens is 1. The molecule has 0 unspecified atom stereocenters. The Labute approximate surface area is 117 Å². The molecule has 0 spiro atoms. The van der Waals surface area contributed by atoms with Gasteiger partial charge in [-0.2, -0.15) is 0 Å². The molecule has 6 nitrogen and oxygen atoms in total. The van der Waals surface area contributed by atoms with E-state index in [2.05, 4.69) is 9.46 Å². The Morgan fingerprint density at radius 2 is 2.05 bits per heavy atom. The average molecular weight is 304 g/mol. The Hall–Kier alpha value is -1.51. The van der Waals surface area contributed by atoms with Crippen LogP contribution in [0.15, 0.2) is 23.1 Å². The molecular weight excluding hydrogens is 287 g/mol. The smallest absolute Gasteiger partial charge is 0.342 e. The highest BCUT2D eigenvalue weighted by atomic mass is 32.2. The van der Waals surface area contributed by atoms with Crippen molar-refractivity contribution in [2.45, 2.75) is 24.3 Å². The van der Waals surface area contributed by atoms with Gasteiger partial charge in [0.2, 0.25) is 10.0 Å². The monoisotopic (exact) mass is 304 g/mol. The molecule has 8 heteroatoms. The zero-order valence-corrected chi connectivity index (χ0v) is 12.3. The maximum atomic E-state index is 13.7. The number of benzene rings is 1. The van der Waals surface area contributed by atoms with Gasteiger partial charge in [-0.25, -0.2) is 22.3 Å². The minimum absolute atomic E-state index is 0.0368. The van der Waals surface area contributed by atoms with Gasteiger partial charge in [0, 0.05) is 12.1 Å². The number of methoxy groups -OCH3 is 1. The zero-order valence-electron chi connectivity index (χ0n) is 11.4. The van der Waals surface area contributed by atoms with Crippen LogP contribution in [0.1, 0.15) is 24.2 Å². The molecule has 0 bridgehead atoms. The molecule has 0 fully saturated rings. The molecule has 3 N–H and O–H groups in total. The molecule has 0 radical (unpaired) electrons. The van der Waals surface area contributed by atoms with Crippen LogP contribution >= 0.6 is 0 Å². The maximum Gasteiger partial charge on any atom is 0.342 e. The Balaban J connectivity index is 3.40. The van der Waals surface area contributed by atoms with E-state index in [0.29, 0.717) is 0 Å². The van der Waals surface area contributed by atoms with Crippen molar-refractivity contribution in [3.05, 3.63) is 29.6 Å². The van der Waals surface area contributed by atoms with Crippen LogP contribution < -0.4 is 10.5 Å². The van der Waals surface area contributed by atoms with Gasteiger partial charge in [-0.3, -0.25) is 0 Å². The summed E-state index contributed by atoms with van der Waals surface area (Å²) in [7, 11) is -3.07. The third-order valence-corrected chi connectivity index (χ3v) is 4.32. The molecule has 1 rings (SSSR count). The Bertz CT molecular complexity index is 614.